The molecule has 1 amide bonds. The molecule has 2 aromatic carbocycles. The van der Waals surface area contributed by atoms with E-state index in [2.05, 4.69) is 41.5 Å². The van der Waals surface area contributed by atoms with Crippen molar-refractivity contribution in [2.24, 2.45) is 0 Å². The molecule has 1 aliphatic rings. The van der Waals surface area contributed by atoms with Crippen LogP contribution in [0.25, 0.3) is 5.69 Å². The molecule has 4 rings (SSSR count). The largest absolute Gasteiger partial charge is 0.341 e. The number of rotatable bonds is 6. The molecule has 0 unspecified atom stereocenters. The number of piperidine rings is 1. The van der Waals surface area contributed by atoms with Crippen molar-refractivity contribution in [1.29, 1.82) is 0 Å². The molecule has 1 aliphatic heterocycles. The van der Waals surface area contributed by atoms with Crippen LogP contribution in [0.3, 0.4) is 0 Å². The lowest BCUT2D eigenvalue weighted by atomic mass is 10.0. The van der Waals surface area contributed by atoms with E-state index in [1.54, 1.807) is 12.5 Å². The molecule has 2 atom stereocenters. The molecule has 0 saturated carbocycles. The van der Waals surface area contributed by atoms with Gasteiger partial charge in [0.25, 0.3) is 0 Å². The molecule has 29 heavy (non-hydrogen) atoms. The van der Waals surface area contributed by atoms with Crippen molar-refractivity contribution < 1.29 is 4.79 Å². The number of carbonyl (C=O) groups excluding carboxylic acids is 1. The third-order valence-corrected chi connectivity index (χ3v) is 5.66. The molecule has 1 fully saturated rings. The molecule has 1 saturated heterocycles. The number of nitrogens with one attached hydrogen (secondary N) is 1. The molecule has 0 bridgehead atoms. The lowest BCUT2D eigenvalue weighted by molar-refractivity contribution is -0.134. The Morgan fingerprint density at radius 1 is 0.966 bits per heavy atom. The van der Waals surface area contributed by atoms with Crippen molar-refractivity contribution in [2.75, 3.05) is 13.1 Å². The van der Waals surface area contributed by atoms with Gasteiger partial charge in [-0.3, -0.25) is 10.1 Å². The van der Waals surface area contributed by atoms with Gasteiger partial charge in [-0.2, -0.15) is 0 Å². The van der Waals surface area contributed by atoms with Crippen molar-refractivity contribution in [3.05, 3.63) is 84.4 Å². The number of hydrogen-bond acceptors (Lipinski definition) is 3. The van der Waals surface area contributed by atoms with Gasteiger partial charge in [-0.15, -0.1) is 0 Å². The van der Waals surface area contributed by atoms with Crippen LogP contribution in [-0.2, 0) is 4.79 Å². The number of aromatic nitrogens is 2. The molecule has 2 heterocycles. The summed E-state index contributed by atoms with van der Waals surface area (Å²) in [4.78, 5) is 19.4. The van der Waals surface area contributed by atoms with Crippen molar-refractivity contribution in [2.45, 2.75) is 38.3 Å². The first-order chi connectivity index (χ1) is 14.2. The quantitative estimate of drug-likeness (QED) is 0.686. The summed E-state index contributed by atoms with van der Waals surface area (Å²) in [6, 6.07) is 18.2. The maximum Gasteiger partial charge on any atom is 0.244 e. The molecule has 150 valence electrons. The van der Waals surface area contributed by atoms with E-state index in [0.29, 0.717) is 0 Å². The van der Waals surface area contributed by atoms with Gasteiger partial charge in [-0.1, -0.05) is 42.5 Å². The first kappa shape index (κ1) is 19.4. The van der Waals surface area contributed by atoms with Crippen LogP contribution in [-0.4, -0.2) is 33.4 Å². The van der Waals surface area contributed by atoms with Crippen molar-refractivity contribution in [1.82, 2.24) is 19.8 Å². The van der Waals surface area contributed by atoms with Gasteiger partial charge in [0.05, 0.1) is 6.33 Å². The van der Waals surface area contributed by atoms with Crippen molar-refractivity contribution in [3.8, 4) is 5.69 Å². The van der Waals surface area contributed by atoms with Gasteiger partial charge in [-0.25, -0.2) is 4.98 Å². The van der Waals surface area contributed by atoms with Gasteiger partial charge >= 0.3 is 0 Å². The minimum atomic E-state index is -0.336. The summed E-state index contributed by atoms with van der Waals surface area (Å²) in [5, 5.41) is 3.59. The maximum atomic E-state index is 13.3. The number of likely N-dealkylation sites (tertiary alicyclic amines) is 1. The Bertz CT molecular complexity index is 900. The average Bonchev–Trinajstić information content (AvgIpc) is 3.33. The monoisotopic (exact) mass is 388 g/mol. The summed E-state index contributed by atoms with van der Waals surface area (Å²) in [5.41, 5.74) is 3.24. The second-order valence-electron chi connectivity index (χ2n) is 7.68. The van der Waals surface area contributed by atoms with Gasteiger partial charge in [0.1, 0.15) is 6.04 Å². The predicted molar refractivity (Wildman–Crippen MR) is 115 cm³/mol. The Hall–Kier alpha value is -2.92. The number of nitrogens with zero attached hydrogens (tertiary/aromatic N) is 3. The second kappa shape index (κ2) is 9.05. The normalized spacial score (nSPS) is 16.4. The number of amides is 1. The van der Waals surface area contributed by atoms with Crippen LogP contribution in [0.1, 0.15) is 49.4 Å². The van der Waals surface area contributed by atoms with E-state index in [4.69, 9.17) is 0 Å². The van der Waals surface area contributed by atoms with Crippen LogP contribution in [0.2, 0.25) is 0 Å². The summed E-state index contributed by atoms with van der Waals surface area (Å²) in [5.74, 6) is 0.179. The maximum absolute atomic E-state index is 13.3. The molecular formula is C24H28N4O. The molecule has 1 aromatic heterocycles. The summed E-state index contributed by atoms with van der Waals surface area (Å²) in [6.07, 6.45) is 8.90. The highest BCUT2D eigenvalue weighted by Crippen LogP contribution is 2.24. The fraction of sp³-hybridized carbons (Fsp3) is 0.333. The number of hydrogen-bond donors (Lipinski definition) is 1. The fourth-order valence-corrected chi connectivity index (χ4v) is 3.95. The van der Waals surface area contributed by atoms with Gasteiger partial charge in [0.2, 0.25) is 5.91 Å². The van der Waals surface area contributed by atoms with Crippen LogP contribution < -0.4 is 5.32 Å². The van der Waals surface area contributed by atoms with Crippen LogP contribution in [0.5, 0.6) is 0 Å². The topological polar surface area (TPSA) is 50.2 Å². The summed E-state index contributed by atoms with van der Waals surface area (Å²) in [6.45, 7) is 3.83. The molecule has 0 spiro atoms. The Balaban J connectivity index is 1.52. The number of carbonyl (C=O) groups is 1. The van der Waals surface area contributed by atoms with Gasteiger partial charge in [0.15, 0.2) is 0 Å². The molecule has 0 radical (unpaired) electrons. The third kappa shape index (κ3) is 4.57. The van der Waals surface area contributed by atoms with E-state index in [0.717, 1.165) is 42.7 Å². The molecule has 5 nitrogen and oxygen atoms in total. The zero-order valence-electron chi connectivity index (χ0n) is 16.9. The van der Waals surface area contributed by atoms with Crippen LogP contribution in [0.4, 0.5) is 0 Å². The Morgan fingerprint density at radius 3 is 2.34 bits per heavy atom. The van der Waals surface area contributed by atoms with E-state index >= 15 is 0 Å². The molecule has 3 aromatic rings. The summed E-state index contributed by atoms with van der Waals surface area (Å²) < 4.78 is 1.98. The third-order valence-electron chi connectivity index (χ3n) is 5.66. The van der Waals surface area contributed by atoms with Crippen LogP contribution in [0.15, 0.2) is 73.3 Å². The van der Waals surface area contributed by atoms with Crippen molar-refractivity contribution >= 4 is 5.91 Å². The lowest BCUT2D eigenvalue weighted by Crippen LogP contribution is -2.43. The first-order valence-electron chi connectivity index (χ1n) is 10.4. The highest BCUT2D eigenvalue weighted by atomic mass is 16.2. The number of imidazole rings is 1. The minimum absolute atomic E-state index is 0.0470. The van der Waals surface area contributed by atoms with Crippen LogP contribution >= 0.6 is 0 Å². The van der Waals surface area contributed by atoms with E-state index in [1.165, 1.54) is 6.42 Å². The van der Waals surface area contributed by atoms with Crippen molar-refractivity contribution in [3.63, 3.8) is 0 Å². The zero-order valence-corrected chi connectivity index (χ0v) is 16.9. The van der Waals surface area contributed by atoms with Gasteiger partial charge < -0.3 is 9.47 Å². The molecular weight excluding hydrogens is 360 g/mol. The standard InChI is InChI=1S/C24H28N4O/c1-19(20-10-12-22(13-11-20)28-17-14-25-18-28)26-23(21-8-4-2-5-9-21)24(29)27-15-6-3-7-16-27/h2,4-5,8-14,17-19,23,26H,3,6-7,15-16H2,1H3/t19-,23-/m0/s1. The Morgan fingerprint density at radius 2 is 1.69 bits per heavy atom. The van der Waals surface area contributed by atoms with E-state index in [-0.39, 0.29) is 18.0 Å². The minimum Gasteiger partial charge on any atom is -0.341 e. The van der Waals surface area contributed by atoms with Gasteiger partial charge in [-0.05, 0) is 49.4 Å². The zero-order chi connectivity index (χ0) is 20.1. The van der Waals surface area contributed by atoms with E-state index in [1.807, 2.05) is 46.0 Å². The summed E-state index contributed by atoms with van der Waals surface area (Å²) >= 11 is 0. The smallest absolute Gasteiger partial charge is 0.244 e. The average molecular weight is 389 g/mol. The Kier molecular flexibility index (Phi) is 6.06. The molecule has 5 heteroatoms. The fourth-order valence-electron chi connectivity index (χ4n) is 3.95. The predicted octanol–water partition coefficient (Wildman–Crippen LogP) is 4.28. The molecule has 1 N–H and O–H groups in total. The second-order valence-corrected chi connectivity index (χ2v) is 7.68. The lowest BCUT2D eigenvalue weighted by Gasteiger charge is -2.32. The first-order valence-corrected chi connectivity index (χ1v) is 10.4. The van der Waals surface area contributed by atoms with Crippen LogP contribution in [0, 0.1) is 0 Å². The van der Waals surface area contributed by atoms with E-state index < -0.39 is 0 Å². The molecule has 0 aliphatic carbocycles. The highest BCUT2D eigenvalue weighted by molar-refractivity contribution is 5.83. The SMILES string of the molecule is C[C@H](N[C@H](C(=O)N1CCCCC1)c1ccccc1)c1ccc(-n2ccnc2)cc1. The number of benzene rings is 2. The van der Waals surface area contributed by atoms with E-state index in [9.17, 15) is 4.79 Å². The van der Waals surface area contributed by atoms with Gasteiger partial charge in [0, 0.05) is 37.2 Å². The highest BCUT2D eigenvalue weighted by Gasteiger charge is 2.28. The Labute approximate surface area is 172 Å². The summed E-state index contributed by atoms with van der Waals surface area (Å²) in [7, 11) is 0.